The monoisotopic (exact) mass is 481 g/mol. The van der Waals surface area contributed by atoms with Crippen molar-refractivity contribution in [2.45, 2.75) is 6.42 Å². The maximum atomic E-state index is 13.3. The van der Waals surface area contributed by atoms with Gasteiger partial charge in [0.2, 0.25) is 5.88 Å². The fourth-order valence-corrected chi connectivity index (χ4v) is 3.86. The van der Waals surface area contributed by atoms with Crippen LogP contribution in [0.5, 0.6) is 17.4 Å². The van der Waals surface area contributed by atoms with Crippen LogP contribution in [0.2, 0.25) is 0 Å². The number of pyridine rings is 1. The lowest BCUT2D eigenvalue weighted by Gasteiger charge is -2.24. The third kappa shape index (κ3) is 5.17. The molecule has 4 rings (SSSR count). The van der Waals surface area contributed by atoms with Gasteiger partial charge in [-0.3, -0.25) is 4.79 Å². The molecule has 0 N–H and O–H groups in total. The molecule has 0 bridgehead atoms. The highest BCUT2D eigenvalue weighted by molar-refractivity contribution is 9.10. The summed E-state index contributed by atoms with van der Waals surface area (Å²) in [4.78, 5) is 21.8. The lowest BCUT2D eigenvalue weighted by atomic mass is 10.2. The Balaban J connectivity index is 1.46. The predicted molar refractivity (Wildman–Crippen MR) is 124 cm³/mol. The Hall–Kier alpha value is -3.06. The molecule has 1 saturated heterocycles. The number of benzene rings is 2. The average molecular weight is 482 g/mol. The summed E-state index contributed by atoms with van der Waals surface area (Å²) in [6, 6.07) is 19.0. The standard InChI is InChI=1S/C24H24BrN3O3/c1-30-20-11-7-19(8-12-20)27-14-3-15-28(17-16-27)24(29)22-4-2-13-26-23(22)31-21-9-5-18(25)6-10-21/h2,4-13H,3,14-17H2,1H3. The van der Waals surface area contributed by atoms with E-state index in [9.17, 15) is 4.79 Å². The number of nitrogens with zero attached hydrogens (tertiary/aromatic N) is 3. The molecule has 0 radical (unpaired) electrons. The predicted octanol–water partition coefficient (Wildman–Crippen LogP) is 5.00. The molecule has 1 aliphatic rings. The molecule has 0 aliphatic carbocycles. The SMILES string of the molecule is COc1ccc(N2CCCN(C(=O)c3cccnc3Oc3ccc(Br)cc3)CC2)cc1. The van der Waals surface area contributed by atoms with Gasteiger partial charge in [-0.05, 0) is 67.1 Å². The Bertz CT molecular complexity index is 1020. The summed E-state index contributed by atoms with van der Waals surface area (Å²) in [5, 5.41) is 0. The number of hydrogen-bond acceptors (Lipinski definition) is 5. The molecule has 0 saturated carbocycles. The summed E-state index contributed by atoms with van der Waals surface area (Å²) in [5.41, 5.74) is 1.61. The molecule has 0 unspecified atom stereocenters. The molecule has 0 spiro atoms. The van der Waals surface area contributed by atoms with Gasteiger partial charge in [-0.1, -0.05) is 15.9 Å². The van der Waals surface area contributed by atoms with E-state index in [2.05, 4.69) is 37.9 Å². The Kier molecular flexibility index (Phi) is 6.72. The maximum absolute atomic E-state index is 13.3. The first-order valence-corrected chi connectivity index (χ1v) is 11.0. The highest BCUT2D eigenvalue weighted by Gasteiger charge is 2.24. The van der Waals surface area contributed by atoms with Crippen molar-refractivity contribution in [3.8, 4) is 17.4 Å². The Morgan fingerprint density at radius 3 is 2.42 bits per heavy atom. The van der Waals surface area contributed by atoms with Crippen molar-refractivity contribution >= 4 is 27.5 Å². The smallest absolute Gasteiger partial charge is 0.259 e. The van der Waals surface area contributed by atoms with Crippen molar-refractivity contribution in [1.82, 2.24) is 9.88 Å². The fourth-order valence-electron chi connectivity index (χ4n) is 3.59. The van der Waals surface area contributed by atoms with Gasteiger partial charge in [0.05, 0.1) is 7.11 Å². The minimum atomic E-state index is -0.0585. The number of rotatable bonds is 5. The number of ether oxygens (including phenoxy) is 2. The summed E-state index contributed by atoms with van der Waals surface area (Å²) < 4.78 is 12.1. The molecule has 2 heterocycles. The first kappa shape index (κ1) is 21.2. The van der Waals surface area contributed by atoms with Gasteiger partial charge < -0.3 is 19.3 Å². The zero-order valence-electron chi connectivity index (χ0n) is 17.3. The van der Waals surface area contributed by atoms with Crippen LogP contribution in [0, 0.1) is 0 Å². The summed E-state index contributed by atoms with van der Waals surface area (Å²) in [6.07, 6.45) is 2.53. The van der Waals surface area contributed by atoms with Gasteiger partial charge in [-0.15, -0.1) is 0 Å². The van der Waals surface area contributed by atoms with E-state index in [1.165, 1.54) is 0 Å². The van der Waals surface area contributed by atoms with Crippen molar-refractivity contribution in [2.75, 3.05) is 38.2 Å². The van der Waals surface area contributed by atoms with E-state index < -0.39 is 0 Å². The Morgan fingerprint density at radius 1 is 0.935 bits per heavy atom. The van der Waals surface area contributed by atoms with Crippen LogP contribution < -0.4 is 14.4 Å². The molecule has 1 amide bonds. The van der Waals surface area contributed by atoms with Gasteiger partial charge in [-0.2, -0.15) is 0 Å². The lowest BCUT2D eigenvalue weighted by molar-refractivity contribution is 0.0763. The Morgan fingerprint density at radius 2 is 1.68 bits per heavy atom. The minimum Gasteiger partial charge on any atom is -0.497 e. The van der Waals surface area contributed by atoms with Crippen LogP contribution in [-0.4, -0.2) is 49.1 Å². The number of carbonyl (C=O) groups excluding carboxylic acids is 1. The maximum Gasteiger partial charge on any atom is 0.259 e. The molecule has 7 heteroatoms. The van der Waals surface area contributed by atoms with Crippen LogP contribution in [0.1, 0.15) is 16.8 Å². The molecule has 1 aliphatic heterocycles. The molecule has 0 atom stereocenters. The van der Waals surface area contributed by atoms with Crippen LogP contribution in [0.15, 0.2) is 71.3 Å². The largest absolute Gasteiger partial charge is 0.497 e. The van der Waals surface area contributed by atoms with E-state index in [1.807, 2.05) is 41.3 Å². The van der Waals surface area contributed by atoms with Crippen LogP contribution in [0.4, 0.5) is 5.69 Å². The number of halogens is 1. The van der Waals surface area contributed by atoms with E-state index in [-0.39, 0.29) is 5.91 Å². The number of methoxy groups -OCH3 is 1. The average Bonchev–Trinajstić information content (AvgIpc) is 3.07. The highest BCUT2D eigenvalue weighted by atomic mass is 79.9. The van der Waals surface area contributed by atoms with Gasteiger partial charge in [0.15, 0.2) is 0 Å². The lowest BCUT2D eigenvalue weighted by Crippen LogP contribution is -2.35. The van der Waals surface area contributed by atoms with Crippen molar-refractivity contribution in [3.63, 3.8) is 0 Å². The van der Waals surface area contributed by atoms with Gasteiger partial charge in [-0.25, -0.2) is 4.98 Å². The highest BCUT2D eigenvalue weighted by Crippen LogP contribution is 2.26. The molecule has 1 fully saturated rings. The van der Waals surface area contributed by atoms with Crippen molar-refractivity contribution < 1.29 is 14.3 Å². The van der Waals surface area contributed by atoms with Crippen molar-refractivity contribution in [1.29, 1.82) is 0 Å². The van der Waals surface area contributed by atoms with Crippen molar-refractivity contribution in [2.24, 2.45) is 0 Å². The molecule has 6 nitrogen and oxygen atoms in total. The van der Waals surface area contributed by atoms with Crippen LogP contribution in [0.25, 0.3) is 0 Å². The van der Waals surface area contributed by atoms with Gasteiger partial charge in [0, 0.05) is 42.5 Å². The van der Waals surface area contributed by atoms with Gasteiger partial charge in [0.25, 0.3) is 5.91 Å². The quantitative estimate of drug-likeness (QED) is 0.513. The topological polar surface area (TPSA) is 54.9 Å². The zero-order valence-corrected chi connectivity index (χ0v) is 18.9. The van der Waals surface area contributed by atoms with E-state index >= 15 is 0 Å². The number of hydrogen-bond donors (Lipinski definition) is 0. The van der Waals surface area contributed by atoms with Crippen LogP contribution in [-0.2, 0) is 0 Å². The molecule has 1 aromatic heterocycles. The number of anilines is 1. The second kappa shape index (κ2) is 9.83. The summed E-state index contributed by atoms with van der Waals surface area (Å²) in [5.74, 6) is 1.74. The van der Waals surface area contributed by atoms with Crippen LogP contribution >= 0.6 is 15.9 Å². The third-order valence-corrected chi connectivity index (χ3v) is 5.78. The molecular weight excluding hydrogens is 458 g/mol. The number of carbonyl (C=O) groups is 1. The Labute approximate surface area is 190 Å². The second-order valence-electron chi connectivity index (χ2n) is 7.24. The molecule has 3 aromatic rings. The molecule has 160 valence electrons. The first-order valence-electron chi connectivity index (χ1n) is 10.2. The number of amides is 1. The van der Waals surface area contributed by atoms with Crippen molar-refractivity contribution in [3.05, 3.63) is 76.9 Å². The minimum absolute atomic E-state index is 0.0585. The second-order valence-corrected chi connectivity index (χ2v) is 8.16. The van der Waals surface area contributed by atoms with E-state index in [4.69, 9.17) is 9.47 Å². The first-order chi connectivity index (χ1) is 15.1. The van der Waals surface area contributed by atoms with Crippen LogP contribution in [0.3, 0.4) is 0 Å². The van der Waals surface area contributed by atoms with Gasteiger partial charge >= 0.3 is 0 Å². The summed E-state index contributed by atoms with van der Waals surface area (Å²) in [7, 11) is 1.66. The number of aromatic nitrogens is 1. The van der Waals surface area contributed by atoms with E-state index in [0.29, 0.717) is 30.3 Å². The molecule has 31 heavy (non-hydrogen) atoms. The molecular formula is C24H24BrN3O3. The third-order valence-electron chi connectivity index (χ3n) is 5.25. The zero-order chi connectivity index (χ0) is 21.6. The summed E-state index contributed by atoms with van der Waals surface area (Å²) >= 11 is 3.41. The van der Waals surface area contributed by atoms with E-state index in [0.717, 1.165) is 35.4 Å². The van der Waals surface area contributed by atoms with Gasteiger partial charge in [0.1, 0.15) is 17.1 Å². The fraction of sp³-hybridized carbons (Fsp3) is 0.250. The summed E-state index contributed by atoms with van der Waals surface area (Å²) in [6.45, 7) is 2.99. The normalized spacial score (nSPS) is 14.1. The van der Waals surface area contributed by atoms with E-state index in [1.54, 1.807) is 25.4 Å². The molecule has 2 aromatic carbocycles.